The van der Waals surface area contributed by atoms with Crippen molar-refractivity contribution in [3.05, 3.63) is 35.9 Å². The monoisotopic (exact) mass is 1300 g/mol. The number of aliphatic hydroxyl groups excluding tert-OH is 2. The summed E-state index contributed by atoms with van der Waals surface area (Å²) in [7, 11) is -4.67. The molecular weight excluding hydrogens is 1200 g/mol. The Morgan fingerprint density at radius 2 is 1.04 bits per heavy atom. The van der Waals surface area contributed by atoms with E-state index in [1.165, 1.54) is 13.8 Å². The Kier molecular flexibility index (Phi) is 38.6. The third kappa shape index (κ3) is 32.1. The zero-order chi connectivity index (χ0) is 68.3. The van der Waals surface area contributed by atoms with Gasteiger partial charge in [-0.05, 0) is 115 Å². The number of carbonyl (C=O) groups excluding carboxylic acids is 11. The van der Waals surface area contributed by atoms with E-state index in [-0.39, 0.29) is 90.0 Å². The van der Waals surface area contributed by atoms with Crippen molar-refractivity contribution in [1.29, 1.82) is 0 Å². The second-order valence-corrected chi connectivity index (χ2v) is 23.4. The quantitative estimate of drug-likeness (QED) is 0.0262. The zero-order valence-electron chi connectivity index (χ0n) is 52.3. The largest absolute Gasteiger partial charge is 0.394 e. The highest BCUT2D eigenvalue weighted by Crippen LogP contribution is 2.14. The first kappa shape index (κ1) is 81.0. The van der Waals surface area contributed by atoms with Crippen LogP contribution in [0.25, 0.3) is 0 Å². The fraction of sp³-hybridized carbons (Fsp3) is 0.696. The molecule has 512 valence electrons. The predicted molar refractivity (Wildman–Crippen MR) is 330 cm³/mol. The molecule has 34 heteroatoms. The van der Waals surface area contributed by atoms with E-state index in [1.807, 2.05) is 0 Å². The smallest absolute Gasteiger partial charge is 0.391 e. The molecule has 1 unspecified atom stereocenters. The number of carbonyl (C=O) groups is 11. The molecule has 0 aliphatic carbocycles. The van der Waals surface area contributed by atoms with Gasteiger partial charge in [-0.25, -0.2) is 0 Å². The maximum Gasteiger partial charge on any atom is 0.394 e. The van der Waals surface area contributed by atoms with Gasteiger partial charge in [0.15, 0.2) is 0 Å². The van der Waals surface area contributed by atoms with Crippen LogP contribution in [0.1, 0.15) is 124 Å². The van der Waals surface area contributed by atoms with Gasteiger partial charge in [0.05, 0.1) is 12.2 Å². The summed E-state index contributed by atoms with van der Waals surface area (Å²) in [5, 5.41) is 49.7. The highest BCUT2D eigenvalue weighted by atomic mass is 32.3. The summed E-state index contributed by atoms with van der Waals surface area (Å²) in [4.78, 5) is 154. The average Bonchev–Trinajstić information content (AvgIpc) is 1.33. The third-order valence-electron chi connectivity index (χ3n) is 14.3. The number of aliphatic hydroxyl groups is 2. The van der Waals surface area contributed by atoms with Gasteiger partial charge in [0.25, 0.3) is 0 Å². The molecule has 2 rings (SSSR count). The summed E-state index contributed by atoms with van der Waals surface area (Å²) in [6.45, 7) is 9.00. The van der Waals surface area contributed by atoms with E-state index in [0.717, 1.165) is 19.3 Å². The van der Waals surface area contributed by atoms with Crippen molar-refractivity contribution in [2.24, 2.45) is 40.5 Å². The van der Waals surface area contributed by atoms with Crippen molar-refractivity contribution in [1.82, 2.24) is 58.5 Å². The predicted octanol–water partition coefficient (Wildman–Crippen LogP) is -5.90. The number of unbranched alkanes of at least 4 members (excludes halogenated alkanes) is 1. The molecule has 33 nitrogen and oxygen atoms in total. The molecule has 1 fully saturated rings. The topological polar surface area (TPSA) is 565 Å². The Balaban J connectivity index is 0.00000776. The third-order valence-corrected chi connectivity index (χ3v) is 14.3. The number of hydrogen-bond donors (Lipinski definition) is 20. The molecule has 11 amide bonds. The van der Waals surface area contributed by atoms with Crippen molar-refractivity contribution in [2.75, 3.05) is 39.3 Å². The minimum Gasteiger partial charge on any atom is -0.391 e. The highest BCUT2D eigenvalue weighted by molar-refractivity contribution is 7.79. The van der Waals surface area contributed by atoms with Gasteiger partial charge in [0.2, 0.25) is 65.0 Å². The first-order valence-electron chi connectivity index (χ1n) is 30.2. The fourth-order valence-electron chi connectivity index (χ4n) is 9.12. The van der Waals surface area contributed by atoms with Crippen molar-refractivity contribution in [2.45, 2.75) is 198 Å². The normalized spacial score (nSPS) is 22.3. The Morgan fingerprint density at radius 3 is 1.52 bits per heavy atom. The van der Waals surface area contributed by atoms with Crippen LogP contribution in [0.3, 0.4) is 0 Å². The molecule has 0 saturated carbocycles. The van der Waals surface area contributed by atoms with E-state index < -0.39 is 161 Å². The molecule has 0 bridgehead atoms. The summed E-state index contributed by atoms with van der Waals surface area (Å²) in [5.74, 6) is -9.45. The van der Waals surface area contributed by atoms with E-state index >= 15 is 0 Å². The standard InChI is InChI=1S/C56H98N16O13.H2O4S/c1-7-32(4)13-11-12-16-44(75)63-36(17-23-57)51(80)72-46(34(6)74)56(85)68-39(20-26-60)48(77)67-41-22-28-62-55(84)45(33(5)73)71-52(81)40(21-27-61)65-47(76)37(18-24-58)66-53(82)42(29-31(2)3)69-54(83)43(30-35-14-9-8-10-15-35)70-49(78)38(19-25-59)64-50(41)79;1-5(2,3)4/h8-10,14-15,31-34,36-43,45-46,73-74H,7,11-13,16-30,57-61H2,1-6H3,(H,62,84)(H,63,75)(H,64,79)(H,65,76)(H,66,82)(H,67,77)(H,68,85)(H,69,83)(H,70,78)(H,71,81)(H,72,80);(H2,1,2,3,4)/t32-,33-,34-,36-,37-,38-,39-,40-,41-,42-,43-,45?,46-;/m1./s1. The minimum absolute atomic E-state index is 0.0173. The van der Waals surface area contributed by atoms with E-state index in [1.54, 1.807) is 44.2 Å². The van der Waals surface area contributed by atoms with Gasteiger partial charge < -0.3 is 97.4 Å². The summed E-state index contributed by atoms with van der Waals surface area (Å²) in [6, 6.07) is -6.23. The van der Waals surface area contributed by atoms with Crippen LogP contribution in [0.5, 0.6) is 0 Å². The molecule has 90 heavy (non-hydrogen) atoms. The van der Waals surface area contributed by atoms with E-state index in [0.29, 0.717) is 17.9 Å². The zero-order valence-corrected chi connectivity index (χ0v) is 53.1. The molecule has 0 aromatic heterocycles. The highest BCUT2D eigenvalue weighted by Gasteiger charge is 2.37. The van der Waals surface area contributed by atoms with Crippen LogP contribution in [0, 0.1) is 11.8 Å². The van der Waals surface area contributed by atoms with Crippen molar-refractivity contribution < 1.29 is 80.5 Å². The van der Waals surface area contributed by atoms with Gasteiger partial charge >= 0.3 is 10.4 Å². The SMILES string of the molecule is CC[C@@H](C)CCCCC(=O)N[C@H](CCN)C(=O)N[C@@H](C(=O)N[C@H](CCN)C(=O)N[C@@H]1CCNC(=O)C([C@@H](C)O)NC(=O)[C@@H](CCN)NC(=O)[C@@H](CCN)NC(=O)[C@@H](CC(C)C)NC(=O)[C@@H](Cc2ccccc2)NC(=O)[C@@H](CCN)NC1=O)[C@@H](C)O.O=S(=O)(O)O. The molecule has 1 aromatic carbocycles. The number of nitrogens with two attached hydrogens (primary N) is 5. The van der Waals surface area contributed by atoms with Gasteiger partial charge in [-0.3, -0.25) is 61.8 Å². The van der Waals surface area contributed by atoms with Gasteiger partial charge in [0, 0.05) is 19.4 Å². The Hall–Kier alpha value is -7.02. The second-order valence-electron chi connectivity index (χ2n) is 22.5. The van der Waals surface area contributed by atoms with Gasteiger partial charge in [0.1, 0.15) is 60.4 Å². The van der Waals surface area contributed by atoms with Crippen molar-refractivity contribution >= 4 is 75.4 Å². The van der Waals surface area contributed by atoms with Crippen LogP contribution >= 0.6 is 0 Å². The molecule has 13 atom stereocenters. The average molecular weight is 1300 g/mol. The molecule has 1 aromatic rings. The number of hydrogen-bond acceptors (Lipinski definition) is 20. The molecule has 0 spiro atoms. The molecular formula is C56H100N16O17S. The van der Waals surface area contributed by atoms with E-state index in [2.05, 4.69) is 72.3 Å². The van der Waals surface area contributed by atoms with Crippen LogP contribution < -0.4 is 87.2 Å². The first-order chi connectivity index (χ1) is 42.3. The lowest BCUT2D eigenvalue weighted by Gasteiger charge is -2.29. The van der Waals surface area contributed by atoms with Crippen molar-refractivity contribution in [3.63, 3.8) is 0 Å². The number of nitrogens with one attached hydrogen (secondary N) is 11. The Bertz CT molecular complexity index is 2560. The van der Waals surface area contributed by atoms with Crippen LogP contribution in [-0.4, -0.2) is 205 Å². The van der Waals surface area contributed by atoms with Gasteiger partial charge in [-0.15, -0.1) is 0 Å². The molecule has 0 radical (unpaired) electrons. The summed E-state index contributed by atoms with van der Waals surface area (Å²) in [5.41, 5.74) is 29.9. The van der Waals surface area contributed by atoms with E-state index in [4.69, 9.17) is 46.2 Å². The summed E-state index contributed by atoms with van der Waals surface area (Å²) < 4.78 is 31.6. The molecule has 1 saturated heterocycles. The molecule has 1 aliphatic rings. The minimum atomic E-state index is -4.67. The molecule has 1 aliphatic heterocycles. The van der Waals surface area contributed by atoms with Crippen LogP contribution in [0.4, 0.5) is 0 Å². The Morgan fingerprint density at radius 1 is 0.578 bits per heavy atom. The fourth-order valence-corrected chi connectivity index (χ4v) is 9.12. The molecule has 25 N–H and O–H groups in total. The van der Waals surface area contributed by atoms with Crippen LogP contribution in [-0.2, 0) is 69.6 Å². The maximum atomic E-state index is 14.5. The first-order valence-corrected chi connectivity index (χ1v) is 31.6. The van der Waals surface area contributed by atoms with Gasteiger partial charge in [-0.1, -0.05) is 77.3 Å². The number of rotatable bonds is 29. The van der Waals surface area contributed by atoms with Crippen LogP contribution in [0.2, 0.25) is 0 Å². The van der Waals surface area contributed by atoms with Crippen LogP contribution in [0.15, 0.2) is 30.3 Å². The van der Waals surface area contributed by atoms with Gasteiger partial charge in [-0.2, -0.15) is 8.42 Å². The second kappa shape index (κ2) is 42.9. The van der Waals surface area contributed by atoms with Crippen molar-refractivity contribution in [3.8, 4) is 0 Å². The summed E-state index contributed by atoms with van der Waals surface area (Å²) in [6.07, 6.45) is -1.05. The summed E-state index contributed by atoms with van der Waals surface area (Å²) >= 11 is 0. The lowest BCUT2D eigenvalue weighted by atomic mass is 10.00. The lowest BCUT2D eigenvalue weighted by molar-refractivity contribution is -0.137. The maximum absolute atomic E-state index is 14.5. The van der Waals surface area contributed by atoms with E-state index in [9.17, 15) is 63.0 Å². The lowest BCUT2D eigenvalue weighted by Crippen LogP contribution is -2.62. The Labute approximate surface area is 525 Å². The number of benzene rings is 1. The number of amides is 11. The molecule has 1 heterocycles.